The van der Waals surface area contributed by atoms with E-state index in [4.69, 9.17) is 17.3 Å². The Morgan fingerprint density at radius 3 is 2.50 bits per heavy atom. The first kappa shape index (κ1) is 9.13. The van der Waals surface area contributed by atoms with Gasteiger partial charge in [0, 0.05) is 20.2 Å². The van der Waals surface area contributed by atoms with Gasteiger partial charge in [-0.2, -0.15) is 0 Å². The van der Waals surface area contributed by atoms with E-state index in [0.717, 1.165) is 5.69 Å². The normalized spacial score (nSPS) is 10.0. The van der Waals surface area contributed by atoms with E-state index in [2.05, 4.69) is 0 Å². The Morgan fingerprint density at radius 2 is 2.00 bits per heavy atom. The van der Waals surface area contributed by atoms with Gasteiger partial charge in [0.2, 0.25) is 0 Å². The van der Waals surface area contributed by atoms with Crippen LogP contribution >= 0.6 is 11.6 Å². The Hall–Kier alpha value is -0.960. The number of nitrogens with zero attached hydrogens (tertiary/aromatic N) is 1. The molecule has 1 aromatic carbocycles. The minimum absolute atomic E-state index is 0.0906. The highest BCUT2D eigenvalue weighted by atomic mass is 35.5. The van der Waals surface area contributed by atoms with Crippen LogP contribution in [0.15, 0.2) is 12.1 Å². The lowest BCUT2D eigenvalue weighted by Gasteiger charge is -2.15. The number of rotatable bonds is 1. The molecule has 0 radical (unpaired) electrons. The van der Waals surface area contributed by atoms with E-state index < -0.39 is 5.82 Å². The fourth-order valence-corrected chi connectivity index (χ4v) is 1.10. The summed E-state index contributed by atoms with van der Waals surface area (Å²) < 4.78 is 12.8. The van der Waals surface area contributed by atoms with Crippen molar-refractivity contribution in [2.45, 2.75) is 0 Å². The van der Waals surface area contributed by atoms with Crippen LogP contribution in [0.25, 0.3) is 0 Å². The summed E-state index contributed by atoms with van der Waals surface area (Å²) in [5.74, 6) is -0.486. The molecule has 66 valence electrons. The van der Waals surface area contributed by atoms with E-state index in [1.807, 2.05) is 14.1 Å². The molecule has 0 unspecified atom stereocenters. The molecule has 1 rings (SSSR count). The van der Waals surface area contributed by atoms with Crippen molar-refractivity contribution >= 4 is 23.0 Å². The van der Waals surface area contributed by atoms with Crippen LogP contribution in [0, 0.1) is 5.82 Å². The lowest BCUT2D eigenvalue weighted by atomic mass is 10.2. The van der Waals surface area contributed by atoms with Crippen molar-refractivity contribution in [3.63, 3.8) is 0 Å². The minimum Gasteiger partial charge on any atom is -0.397 e. The number of nitrogens with two attached hydrogens (primary N) is 1. The second kappa shape index (κ2) is 3.19. The Bertz CT molecular complexity index is 299. The molecule has 4 heteroatoms. The summed E-state index contributed by atoms with van der Waals surface area (Å²) in [6, 6.07) is 2.73. The molecule has 0 amide bonds. The Labute approximate surface area is 75.7 Å². The first-order valence-corrected chi connectivity index (χ1v) is 3.82. The molecule has 0 spiro atoms. The predicted octanol–water partition coefficient (Wildman–Crippen LogP) is 2.13. The molecule has 0 saturated heterocycles. The highest BCUT2D eigenvalue weighted by molar-refractivity contribution is 6.31. The number of halogens is 2. The molecule has 0 aliphatic heterocycles. The molecule has 0 atom stereocenters. The van der Waals surface area contributed by atoms with Crippen LogP contribution in [0.2, 0.25) is 5.02 Å². The SMILES string of the molecule is CN(C)c1cc(Cl)c(F)cc1N. The average Bonchev–Trinajstić information content (AvgIpc) is 1.96. The summed E-state index contributed by atoms with van der Waals surface area (Å²) in [7, 11) is 3.64. The summed E-state index contributed by atoms with van der Waals surface area (Å²) in [5, 5.41) is 0.0906. The minimum atomic E-state index is -0.486. The van der Waals surface area contributed by atoms with Gasteiger partial charge in [-0.3, -0.25) is 0 Å². The average molecular weight is 189 g/mol. The number of anilines is 2. The second-order valence-electron chi connectivity index (χ2n) is 2.72. The molecule has 0 bridgehead atoms. The van der Waals surface area contributed by atoms with Gasteiger partial charge < -0.3 is 10.6 Å². The molecule has 12 heavy (non-hydrogen) atoms. The Kier molecular flexibility index (Phi) is 2.43. The second-order valence-corrected chi connectivity index (χ2v) is 3.13. The first-order valence-electron chi connectivity index (χ1n) is 3.44. The fraction of sp³-hybridized carbons (Fsp3) is 0.250. The summed E-state index contributed by atoms with van der Waals surface area (Å²) in [6.45, 7) is 0. The van der Waals surface area contributed by atoms with Gasteiger partial charge in [-0.25, -0.2) is 4.39 Å². The largest absolute Gasteiger partial charge is 0.397 e. The molecule has 0 saturated carbocycles. The number of nitrogen functional groups attached to an aromatic ring is 1. The van der Waals surface area contributed by atoms with Crippen LogP contribution in [-0.2, 0) is 0 Å². The van der Waals surface area contributed by atoms with E-state index in [9.17, 15) is 4.39 Å². The van der Waals surface area contributed by atoms with Crippen LogP contribution < -0.4 is 10.6 Å². The van der Waals surface area contributed by atoms with Crippen molar-refractivity contribution in [2.24, 2.45) is 0 Å². The lowest BCUT2D eigenvalue weighted by Crippen LogP contribution is -2.11. The van der Waals surface area contributed by atoms with E-state index in [1.165, 1.54) is 12.1 Å². The van der Waals surface area contributed by atoms with Crippen molar-refractivity contribution in [3.05, 3.63) is 23.0 Å². The van der Waals surface area contributed by atoms with Crippen LogP contribution in [0.4, 0.5) is 15.8 Å². The van der Waals surface area contributed by atoms with Gasteiger partial charge in [-0.1, -0.05) is 11.6 Å². The maximum absolute atomic E-state index is 12.8. The molecule has 0 heterocycles. The summed E-state index contributed by atoms with van der Waals surface area (Å²) >= 11 is 5.57. The van der Waals surface area contributed by atoms with Crippen molar-refractivity contribution in [2.75, 3.05) is 24.7 Å². The van der Waals surface area contributed by atoms with Gasteiger partial charge in [0.1, 0.15) is 5.82 Å². The van der Waals surface area contributed by atoms with Crippen LogP contribution in [-0.4, -0.2) is 14.1 Å². The summed E-state index contributed by atoms with van der Waals surface area (Å²) in [5.41, 5.74) is 6.67. The van der Waals surface area contributed by atoms with Gasteiger partial charge in [0.15, 0.2) is 0 Å². The fourth-order valence-electron chi connectivity index (χ4n) is 0.939. The zero-order valence-corrected chi connectivity index (χ0v) is 7.69. The van der Waals surface area contributed by atoms with E-state index >= 15 is 0 Å². The monoisotopic (exact) mass is 188 g/mol. The third kappa shape index (κ3) is 1.61. The first-order chi connectivity index (χ1) is 5.52. The van der Waals surface area contributed by atoms with Gasteiger partial charge in [0.25, 0.3) is 0 Å². The van der Waals surface area contributed by atoms with Gasteiger partial charge in [-0.05, 0) is 6.07 Å². The lowest BCUT2D eigenvalue weighted by molar-refractivity contribution is 0.629. The zero-order valence-electron chi connectivity index (χ0n) is 6.94. The predicted molar refractivity (Wildman–Crippen MR) is 50.1 cm³/mol. The molecule has 0 fully saturated rings. The molecule has 2 N–H and O–H groups in total. The van der Waals surface area contributed by atoms with Gasteiger partial charge in [0.05, 0.1) is 16.4 Å². The van der Waals surface area contributed by atoms with Gasteiger partial charge >= 0.3 is 0 Å². The number of benzene rings is 1. The van der Waals surface area contributed by atoms with E-state index in [1.54, 1.807) is 4.90 Å². The standard InChI is InChI=1S/C8H10ClFN2/c1-12(2)8-3-5(9)6(10)4-7(8)11/h3-4H,11H2,1-2H3. The van der Waals surface area contributed by atoms with E-state index in [-0.39, 0.29) is 5.02 Å². The van der Waals surface area contributed by atoms with E-state index in [0.29, 0.717) is 5.69 Å². The molecule has 1 aromatic rings. The molecule has 0 aliphatic rings. The third-order valence-electron chi connectivity index (χ3n) is 1.55. The third-order valence-corrected chi connectivity index (χ3v) is 1.84. The highest BCUT2D eigenvalue weighted by Gasteiger charge is 2.06. The van der Waals surface area contributed by atoms with Crippen molar-refractivity contribution in [1.29, 1.82) is 0 Å². The maximum Gasteiger partial charge on any atom is 0.143 e. The highest BCUT2D eigenvalue weighted by Crippen LogP contribution is 2.27. The molecule has 0 aliphatic carbocycles. The quantitative estimate of drug-likeness (QED) is 0.685. The molecule has 0 aromatic heterocycles. The smallest absolute Gasteiger partial charge is 0.143 e. The molecule has 2 nitrogen and oxygen atoms in total. The molecular formula is C8H10ClFN2. The number of hydrogen-bond donors (Lipinski definition) is 1. The molecular weight excluding hydrogens is 179 g/mol. The maximum atomic E-state index is 12.8. The Balaban J connectivity index is 3.23. The zero-order chi connectivity index (χ0) is 9.30. The van der Waals surface area contributed by atoms with Crippen molar-refractivity contribution < 1.29 is 4.39 Å². The topological polar surface area (TPSA) is 29.3 Å². The van der Waals surface area contributed by atoms with Crippen LogP contribution in [0.1, 0.15) is 0 Å². The van der Waals surface area contributed by atoms with Crippen LogP contribution in [0.5, 0.6) is 0 Å². The summed E-state index contributed by atoms with van der Waals surface area (Å²) in [6.07, 6.45) is 0. The van der Waals surface area contributed by atoms with Crippen molar-refractivity contribution in [1.82, 2.24) is 0 Å². The van der Waals surface area contributed by atoms with Crippen LogP contribution in [0.3, 0.4) is 0 Å². The number of hydrogen-bond acceptors (Lipinski definition) is 2. The summed E-state index contributed by atoms with van der Waals surface area (Å²) in [4.78, 5) is 1.78. The Morgan fingerprint density at radius 1 is 1.42 bits per heavy atom. The van der Waals surface area contributed by atoms with Crippen molar-refractivity contribution in [3.8, 4) is 0 Å². The van der Waals surface area contributed by atoms with Gasteiger partial charge in [-0.15, -0.1) is 0 Å².